The highest BCUT2D eigenvalue weighted by molar-refractivity contribution is 6.29. The van der Waals surface area contributed by atoms with Gasteiger partial charge in [0, 0.05) is 40.5 Å². The number of aliphatic hydroxyl groups is 5. The number of hydrogen-bond acceptors (Lipinski definition) is 15. The van der Waals surface area contributed by atoms with Crippen molar-refractivity contribution in [3.8, 4) is 11.5 Å². The second-order valence-electron chi connectivity index (χ2n) is 13.0. The van der Waals surface area contributed by atoms with Crippen LogP contribution < -0.4 is 31.3 Å². The minimum Gasteiger partial charge on any atom is -0.504 e. The molecule has 0 saturated carbocycles. The third-order valence-electron chi connectivity index (χ3n) is 9.97. The highest BCUT2D eigenvalue weighted by atomic mass is 16.7. The van der Waals surface area contributed by atoms with E-state index in [0.29, 0.717) is 11.3 Å². The maximum absolute atomic E-state index is 14.0. The summed E-state index contributed by atoms with van der Waals surface area (Å²) in [5.74, 6) is -3.31. The average molecular weight is 706 g/mol. The molecular weight excluding hydrogens is 666 g/mol. The second-order valence-corrected chi connectivity index (χ2v) is 13.0. The highest BCUT2D eigenvalue weighted by Crippen LogP contribution is 2.49. The van der Waals surface area contributed by atoms with Gasteiger partial charge < -0.3 is 50.3 Å². The van der Waals surface area contributed by atoms with Gasteiger partial charge in [-0.1, -0.05) is 42.5 Å². The van der Waals surface area contributed by atoms with Crippen LogP contribution in [0.15, 0.2) is 54.6 Å². The number of nitrogens with two attached hydrogens (primary N) is 1. The quantitative estimate of drug-likeness (QED) is 0.0929. The molecule has 11 N–H and O–H groups in total. The molecule has 3 aliphatic heterocycles. The first kappa shape index (κ1) is 34.9. The van der Waals surface area contributed by atoms with Gasteiger partial charge in [-0.3, -0.25) is 30.8 Å². The van der Waals surface area contributed by atoms with Crippen molar-refractivity contribution in [2.24, 2.45) is 5.73 Å². The summed E-state index contributed by atoms with van der Waals surface area (Å²) in [5.41, 5.74) is 7.28. The highest BCUT2D eigenvalue weighted by Gasteiger charge is 2.47. The number of para-hydroxylation sites is 1. The van der Waals surface area contributed by atoms with E-state index >= 15 is 0 Å². The number of ether oxygens (including phenoxy) is 2. The van der Waals surface area contributed by atoms with E-state index in [4.69, 9.17) is 15.2 Å². The number of anilines is 1. The van der Waals surface area contributed by atoms with Gasteiger partial charge in [0.1, 0.15) is 42.9 Å². The number of benzene rings is 3. The molecule has 270 valence electrons. The van der Waals surface area contributed by atoms with Gasteiger partial charge in [0.05, 0.1) is 18.8 Å². The van der Waals surface area contributed by atoms with Crippen LogP contribution in [0.3, 0.4) is 0 Å². The summed E-state index contributed by atoms with van der Waals surface area (Å²) >= 11 is 0. The number of amides is 1. The van der Waals surface area contributed by atoms with Crippen molar-refractivity contribution in [2.45, 2.75) is 68.0 Å². The van der Waals surface area contributed by atoms with Gasteiger partial charge in [-0.05, 0) is 30.5 Å². The molecule has 3 heterocycles. The Balaban J connectivity index is 1.41. The number of rotatable bonds is 9. The van der Waals surface area contributed by atoms with Crippen LogP contribution in [0.4, 0.5) is 5.69 Å². The number of aliphatic hydroxyl groups excluding tert-OH is 5. The number of fused-ring (bicyclic) bond motifs is 3. The van der Waals surface area contributed by atoms with Crippen LogP contribution in [-0.4, -0.2) is 117 Å². The minimum atomic E-state index is -1.87. The van der Waals surface area contributed by atoms with Crippen LogP contribution in [0.1, 0.15) is 61.7 Å². The normalized spacial score (nSPS) is 29.2. The average Bonchev–Trinajstić information content (AvgIpc) is 3.56. The minimum absolute atomic E-state index is 0.0670. The van der Waals surface area contributed by atoms with E-state index in [0.717, 1.165) is 0 Å². The lowest BCUT2D eigenvalue weighted by Gasteiger charge is -2.40. The number of phenolic OH excluding ortho intramolecular Hbond substituents is 1. The lowest BCUT2D eigenvalue weighted by molar-refractivity contribution is -0.277. The molecule has 0 bridgehead atoms. The SMILES string of the molecule is N[C@@H]1NC(=O)[C@H]2NCN(c3ccccc3[C@H](CCCO)c3cc4c(c(O)c3O[C@H]3O[C@@H](CO)[C@H](O)[C@@H](O)[C@@H]3O)C(=O)c3ccccc3C4=O)[C@@H]2N1. The van der Waals surface area contributed by atoms with Crippen molar-refractivity contribution in [3.05, 3.63) is 88.0 Å². The summed E-state index contributed by atoms with van der Waals surface area (Å²) in [7, 11) is 0. The summed E-state index contributed by atoms with van der Waals surface area (Å²) in [6.07, 6.45) is -9.40. The fourth-order valence-corrected chi connectivity index (χ4v) is 7.43. The Hall–Kier alpha value is -4.49. The van der Waals surface area contributed by atoms with Crippen LogP contribution in [-0.2, 0) is 9.53 Å². The predicted octanol–water partition coefficient (Wildman–Crippen LogP) is -1.73. The zero-order chi connectivity index (χ0) is 36.1. The molecule has 1 aliphatic carbocycles. The van der Waals surface area contributed by atoms with Crippen molar-refractivity contribution in [1.29, 1.82) is 0 Å². The van der Waals surface area contributed by atoms with Crippen LogP contribution in [0, 0.1) is 0 Å². The monoisotopic (exact) mass is 705 g/mol. The lowest BCUT2D eigenvalue weighted by atomic mass is 9.78. The number of aromatic hydroxyl groups is 1. The lowest BCUT2D eigenvalue weighted by Crippen LogP contribution is -2.70. The molecule has 0 aromatic heterocycles. The predicted molar refractivity (Wildman–Crippen MR) is 178 cm³/mol. The zero-order valence-corrected chi connectivity index (χ0v) is 27.2. The van der Waals surface area contributed by atoms with Gasteiger partial charge in [0.25, 0.3) is 0 Å². The van der Waals surface area contributed by atoms with Crippen molar-refractivity contribution in [2.75, 3.05) is 24.8 Å². The largest absolute Gasteiger partial charge is 0.504 e. The summed E-state index contributed by atoms with van der Waals surface area (Å²) in [6.45, 7) is -0.735. The summed E-state index contributed by atoms with van der Waals surface area (Å²) in [6, 6.07) is 14.2. The fraction of sp³-hybridized carbons (Fsp3) is 0.400. The van der Waals surface area contributed by atoms with Crippen molar-refractivity contribution < 1.29 is 54.5 Å². The molecule has 9 atom stereocenters. The van der Waals surface area contributed by atoms with Gasteiger partial charge in [0.2, 0.25) is 12.2 Å². The Morgan fingerprint density at radius 1 is 0.922 bits per heavy atom. The molecule has 16 nitrogen and oxygen atoms in total. The first-order valence-electron chi connectivity index (χ1n) is 16.6. The number of ketones is 2. The fourth-order valence-electron chi connectivity index (χ4n) is 7.43. The molecule has 0 spiro atoms. The van der Waals surface area contributed by atoms with E-state index in [9.17, 15) is 45.0 Å². The van der Waals surface area contributed by atoms with Gasteiger partial charge in [-0.25, -0.2) is 0 Å². The van der Waals surface area contributed by atoms with Crippen LogP contribution in [0.2, 0.25) is 0 Å². The Kier molecular flexibility index (Phi) is 9.53. The standard InChI is InChI=1S/C35H39N5O11/c36-35-38-32-24(33(49)39-35)37-14-40(32)21-10-4-3-6-16(21)15(9-5-11-41)19-12-20-23(26(44)18-8-2-1-7-17(18)25(20)43)28(46)31(19)51-34-30(48)29(47)27(45)22(13-42)50-34/h1-4,6-8,10,12,15,22,24,27,29-30,32,34-35,37-38,41-42,45-48H,5,9,11,13-14,36H2,(H,39,49)/t15-,22-,24-,27-,29+,30-,32-,34+,35-/m0/s1. The van der Waals surface area contributed by atoms with Gasteiger partial charge in [-0.15, -0.1) is 0 Å². The second kappa shape index (κ2) is 13.9. The summed E-state index contributed by atoms with van der Waals surface area (Å²) in [5, 5.41) is 72.7. The maximum Gasteiger partial charge on any atom is 0.242 e. The van der Waals surface area contributed by atoms with E-state index in [1.54, 1.807) is 24.3 Å². The third-order valence-corrected chi connectivity index (χ3v) is 9.97. The smallest absolute Gasteiger partial charge is 0.242 e. The maximum atomic E-state index is 14.0. The molecule has 3 fully saturated rings. The topological polar surface area (TPSA) is 256 Å². The van der Waals surface area contributed by atoms with Crippen molar-refractivity contribution in [3.63, 3.8) is 0 Å². The Morgan fingerprint density at radius 3 is 2.35 bits per heavy atom. The Labute approximate surface area is 291 Å². The van der Waals surface area contributed by atoms with Crippen molar-refractivity contribution in [1.82, 2.24) is 16.0 Å². The number of nitrogens with zero attached hydrogens (tertiary/aromatic N) is 1. The molecule has 3 aromatic rings. The molecule has 3 saturated heterocycles. The van der Waals surface area contributed by atoms with Crippen molar-refractivity contribution >= 4 is 23.2 Å². The molecule has 51 heavy (non-hydrogen) atoms. The number of carbonyl (C=O) groups is 3. The van der Waals surface area contributed by atoms with Crippen LogP contribution in [0.5, 0.6) is 11.5 Å². The van der Waals surface area contributed by atoms with Gasteiger partial charge in [-0.2, -0.15) is 0 Å². The summed E-state index contributed by atoms with van der Waals surface area (Å²) in [4.78, 5) is 42.5. The first-order valence-corrected chi connectivity index (χ1v) is 16.6. The van der Waals surface area contributed by atoms with E-state index in [-0.39, 0.29) is 65.6 Å². The number of phenols is 1. The van der Waals surface area contributed by atoms with E-state index in [2.05, 4.69) is 16.0 Å². The first-order chi connectivity index (χ1) is 24.5. The Morgan fingerprint density at radius 2 is 1.63 bits per heavy atom. The van der Waals surface area contributed by atoms with Crippen LogP contribution >= 0.6 is 0 Å². The number of carbonyl (C=O) groups excluding carboxylic acids is 3. The van der Waals surface area contributed by atoms with Crippen LogP contribution in [0.25, 0.3) is 0 Å². The van der Waals surface area contributed by atoms with E-state index in [1.165, 1.54) is 18.2 Å². The van der Waals surface area contributed by atoms with Gasteiger partial charge >= 0.3 is 0 Å². The molecule has 7 rings (SSSR count). The van der Waals surface area contributed by atoms with E-state index in [1.807, 2.05) is 17.0 Å². The summed E-state index contributed by atoms with van der Waals surface area (Å²) < 4.78 is 11.8. The number of nitrogens with one attached hydrogen (secondary N) is 3. The molecular formula is C35H39N5O11. The Bertz CT molecular complexity index is 1860. The molecule has 1 amide bonds. The molecule has 3 aromatic carbocycles. The number of hydrogen-bond donors (Lipinski definition) is 10. The zero-order valence-electron chi connectivity index (χ0n) is 27.2. The van der Waals surface area contributed by atoms with E-state index < -0.39 is 79.0 Å². The molecule has 4 aliphatic rings. The molecule has 0 unspecified atom stereocenters. The van der Waals surface area contributed by atoms with Gasteiger partial charge in [0.15, 0.2) is 23.1 Å². The third kappa shape index (κ3) is 5.93. The molecule has 16 heteroatoms. The molecule has 0 radical (unpaired) electrons.